The lowest BCUT2D eigenvalue weighted by molar-refractivity contribution is 0.176. The van der Waals surface area contributed by atoms with Crippen molar-refractivity contribution in [3.63, 3.8) is 0 Å². The lowest BCUT2D eigenvalue weighted by atomic mass is 10.0. The predicted molar refractivity (Wildman–Crippen MR) is 76.9 cm³/mol. The van der Waals surface area contributed by atoms with E-state index in [0.29, 0.717) is 6.42 Å². The number of nitrogens with zero attached hydrogens (tertiary/aromatic N) is 3. The summed E-state index contributed by atoms with van der Waals surface area (Å²) in [5.41, 5.74) is 4.64. The Labute approximate surface area is 119 Å². The van der Waals surface area contributed by atoms with Gasteiger partial charge in [-0.05, 0) is 20.8 Å². The molecule has 0 bridgehead atoms. The number of hydrogen-bond acceptors (Lipinski definition) is 4. The molecule has 0 fully saturated rings. The van der Waals surface area contributed by atoms with E-state index in [9.17, 15) is 5.11 Å². The Kier molecular flexibility index (Phi) is 4.09. The van der Waals surface area contributed by atoms with Crippen LogP contribution < -0.4 is 4.74 Å². The Balaban J connectivity index is 2.28. The Morgan fingerprint density at radius 1 is 1.30 bits per heavy atom. The van der Waals surface area contributed by atoms with Crippen LogP contribution in [0.25, 0.3) is 0 Å². The monoisotopic (exact) mass is 275 g/mol. The molecule has 2 aromatic heterocycles. The van der Waals surface area contributed by atoms with Crippen LogP contribution in [0.1, 0.15) is 34.2 Å². The van der Waals surface area contributed by atoms with Crippen LogP contribution in [-0.4, -0.2) is 27.0 Å². The van der Waals surface area contributed by atoms with E-state index in [1.807, 2.05) is 27.8 Å². The first-order valence-corrected chi connectivity index (χ1v) is 6.61. The van der Waals surface area contributed by atoms with Crippen molar-refractivity contribution in [1.82, 2.24) is 14.8 Å². The number of aromatic nitrogens is 3. The molecule has 108 valence electrons. The summed E-state index contributed by atoms with van der Waals surface area (Å²) < 4.78 is 7.15. The molecule has 0 aliphatic rings. The molecule has 0 aromatic carbocycles. The molecular weight excluding hydrogens is 254 g/mol. The van der Waals surface area contributed by atoms with Crippen molar-refractivity contribution in [2.75, 3.05) is 7.11 Å². The summed E-state index contributed by atoms with van der Waals surface area (Å²) in [6, 6.07) is 0. The third kappa shape index (κ3) is 2.54. The molecule has 20 heavy (non-hydrogen) atoms. The van der Waals surface area contributed by atoms with E-state index in [-0.39, 0.29) is 0 Å². The van der Waals surface area contributed by atoms with Crippen LogP contribution in [0, 0.1) is 20.8 Å². The van der Waals surface area contributed by atoms with Crippen LogP contribution in [0.2, 0.25) is 0 Å². The van der Waals surface area contributed by atoms with Gasteiger partial charge in [0.15, 0.2) is 0 Å². The molecule has 0 aliphatic heterocycles. The zero-order valence-corrected chi connectivity index (χ0v) is 12.6. The molecule has 2 heterocycles. The number of ether oxygens (including phenoxy) is 1. The van der Waals surface area contributed by atoms with E-state index in [2.05, 4.69) is 10.1 Å². The van der Waals surface area contributed by atoms with Crippen molar-refractivity contribution in [2.45, 2.75) is 33.3 Å². The minimum atomic E-state index is -0.609. The van der Waals surface area contributed by atoms with Crippen molar-refractivity contribution in [3.8, 4) is 5.75 Å². The Morgan fingerprint density at radius 3 is 2.55 bits per heavy atom. The van der Waals surface area contributed by atoms with Crippen molar-refractivity contribution in [1.29, 1.82) is 0 Å². The second-order valence-electron chi connectivity index (χ2n) is 5.08. The molecule has 1 unspecified atom stereocenters. The van der Waals surface area contributed by atoms with E-state index in [0.717, 1.165) is 33.8 Å². The number of rotatable bonds is 4. The van der Waals surface area contributed by atoms with Gasteiger partial charge in [-0.3, -0.25) is 9.67 Å². The van der Waals surface area contributed by atoms with Gasteiger partial charge in [0, 0.05) is 47.7 Å². The first kappa shape index (κ1) is 14.5. The highest BCUT2D eigenvalue weighted by atomic mass is 16.5. The van der Waals surface area contributed by atoms with Crippen LogP contribution >= 0.6 is 0 Å². The smallest absolute Gasteiger partial charge is 0.128 e. The Bertz CT molecular complexity index is 620. The molecule has 2 rings (SSSR count). The van der Waals surface area contributed by atoms with Crippen LogP contribution in [0.5, 0.6) is 5.75 Å². The summed E-state index contributed by atoms with van der Waals surface area (Å²) in [6.07, 6.45) is 3.34. The van der Waals surface area contributed by atoms with Gasteiger partial charge in [0.05, 0.1) is 19.4 Å². The molecule has 2 aromatic rings. The quantitative estimate of drug-likeness (QED) is 0.927. The van der Waals surface area contributed by atoms with Crippen molar-refractivity contribution in [3.05, 3.63) is 40.5 Å². The van der Waals surface area contributed by atoms with Crippen LogP contribution in [0.4, 0.5) is 0 Å². The van der Waals surface area contributed by atoms with Crippen molar-refractivity contribution in [2.24, 2.45) is 7.05 Å². The van der Waals surface area contributed by atoms with E-state index >= 15 is 0 Å². The third-order valence-corrected chi connectivity index (χ3v) is 3.77. The molecule has 0 radical (unpaired) electrons. The number of aliphatic hydroxyl groups is 1. The summed E-state index contributed by atoms with van der Waals surface area (Å²) in [6.45, 7) is 5.88. The van der Waals surface area contributed by atoms with Crippen LogP contribution in [0.3, 0.4) is 0 Å². The molecule has 0 spiro atoms. The van der Waals surface area contributed by atoms with Gasteiger partial charge in [-0.15, -0.1) is 0 Å². The first-order chi connectivity index (χ1) is 9.45. The molecular formula is C15H21N3O2. The lowest BCUT2D eigenvalue weighted by Gasteiger charge is -2.15. The third-order valence-electron chi connectivity index (χ3n) is 3.77. The molecule has 1 N–H and O–H groups in total. The molecule has 1 atom stereocenters. The van der Waals surface area contributed by atoms with Gasteiger partial charge in [0.25, 0.3) is 0 Å². The number of methoxy groups -OCH3 is 1. The topological polar surface area (TPSA) is 60.2 Å². The molecule has 0 saturated heterocycles. The number of hydrogen-bond donors (Lipinski definition) is 1. The summed E-state index contributed by atoms with van der Waals surface area (Å²) in [5, 5.41) is 14.6. The summed E-state index contributed by atoms with van der Waals surface area (Å²) in [4.78, 5) is 4.42. The summed E-state index contributed by atoms with van der Waals surface area (Å²) in [5.74, 6) is 0.838. The van der Waals surface area contributed by atoms with Gasteiger partial charge in [-0.2, -0.15) is 5.10 Å². The minimum absolute atomic E-state index is 0.453. The average Bonchev–Trinajstić information content (AvgIpc) is 2.74. The highest BCUT2D eigenvalue weighted by Gasteiger charge is 2.18. The Morgan fingerprint density at radius 2 is 2.00 bits per heavy atom. The minimum Gasteiger partial charge on any atom is -0.496 e. The number of aryl methyl sites for hydroxylation is 2. The molecule has 0 saturated carbocycles. The van der Waals surface area contributed by atoms with Gasteiger partial charge >= 0.3 is 0 Å². The lowest BCUT2D eigenvalue weighted by Crippen LogP contribution is -2.08. The Hall–Kier alpha value is -1.88. The SMILES string of the molecule is COc1c(C)cnc(CC(O)c2cnn(C)c2C)c1C. The highest BCUT2D eigenvalue weighted by Crippen LogP contribution is 2.27. The summed E-state index contributed by atoms with van der Waals surface area (Å²) >= 11 is 0. The fourth-order valence-electron chi connectivity index (χ4n) is 2.41. The van der Waals surface area contributed by atoms with Crippen molar-refractivity contribution >= 4 is 0 Å². The van der Waals surface area contributed by atoms with Gasteiger partial charge in [0.1, 0.15) is 5.75 Å². The molecule has 0 amide bonds. The average molecular weight is 275 g/mol. The van der Waals surface area contributed by atoms with Gasteiger partial charge < -0.3 is 9.84 Å². The zero-order valence-electron chi connectivity index (χ0n) is 12.6. The fourth-order valence-corrected chi connectivity index (χ4v) is 2.41. The maximum absolute atomic E-state index is 10.4. The highest BCUT2D eigenvalue weighted by molar-refractivity contribution is 5.41. The van der Waals surface area contributed by atoms with E-state index in [1.54, 1.807) is 24.2 Å². The van der Waals surface area contributed by atoms with Gasteiger partial charge in [-0.25, -0.2) is 0 Å². The zero-order chi connectivity index (χ0) is 14.9. The largest absolute Gasteiger partial charge is 0.496 e. The van der Waals surface area contributed by atoms with Gasteiger partial charge in [-0.1, -0.05) is 0 Å². The normalized spacial score (nSPS) is 12.5. The van der Waals surface area contributed by atoms with E-state index < -0.39 is 6.10 Å². The summed E-state index contributed by atoms with van der Waals surface area (Å²) in [7, 11) is 3.52. The molecule has 5 nitrogen and oxygen atoms in total. The second-order valence-corrected chi connectivity index (χ2v) is 5.08. The van der Waals surface area contributed by atoms with Crippen LogP contribution in [-0.2, 0) is 13.5 Å². The predicted octanol–water partition coefficient (Wildman–Crippen LogP) is 2.03. The van der Waals surface area contributed by atoms with E-state index in [1.165, 1.54) is 0 Å². The van der Waals surface area contributed by atoms with Gasteiger partial charge in [0.2, 0.25) is 0 Å². The van der Waals surface area contributed by atoms with E-state index in [4.69, 9.17) is 4.74 Å². The first-order valence-electron chi connectivity index (χ1n) is 6.61. The maximum Gasteiger partial charge on any atom is 0.128 e. The standard InChI is InChI=1S/C15H21N3O2/c1-9-7-16-13(10(2)15(9)20-5)6-14(19)12-8-17-18(4)11(12)3/h7-8,14,19H,6H2,1-5H3. The number of pyridine rings is 1. The second kappa shape index (κ2) is 5.63. The number of aliphatic hydroxyl groups excluding tert-OH is 1. The fraction of sp³-hybridized carbons (Fsp3) is 0.467. The van der Waals surface area contributed by atoms with Crippen LogP contribution in [0.15, 0.2) is 12.4 Å². The van der Waals surface area contributed by atoms with Crippen molar-refractivity contribution < 1.29 is 9.84 Å². The maximum atomic E-state index is 10.4. The molecule has 0 aliphatic carbocycles. The molecule has 5 heteroatoms.